The molecular formula is C19H28N3O+. The average Bonchev–Trinajstić information content (AvgIpc) is 2.62. The largest absolute Gasteiger partial charge is 0.352 e. The molecule has 124 valence electrons. The Morgan fingerprint density at radius 2 is 2.13 bits per heavy atom. The van der Waals surface area contributed by atoms with Crippen molar-refractivity contribution in [3.8, 4) is 0 Å². The smallest absolute Gasteiger partial charge is 0.223 e. The lowest BCUT2D eigenvalue weighted by Gasteiger charge is -2.31. The molecule has 1 aromatic heterocycles. The van der Waals surface area contributed by atoms with Gasteiger partial charge in [-0.25, -0.2) is 0 Å². The molecule has 2 heterocycles. The Bertz CT molecular complexity index is 521. The molecule has 23 heavy (non-hydrogen) atoms. The fourth-order valence-electron chi connectivity index (χ4n) is 3.78. The number of rotatable bonds is 5. The highest BCUT2D eigenvalue weighted by Gasteiger charge is 2.28. The van der Waals surface area contributed by atoms with Crippen LogP contribution in [-0.4, -0.2) is 30.5 Å². The maximum absolute atomic E-state index is 12.3. The summed E-state index contributed by atoms with van der Waals surface area (Å²) in [6, 6.07) is 3.91. The van der Waals surface area contributed by atoms with Gasteiger partial charge in [0, 0.05) is 43.6 Å². The molecule has 1 aromatic rings. The van der Waals surface area contributed by atoms with Gasteiger partial charge in [0.25, 0.3) is 0 Å². The number of allylic oxidation sites excluding steroid dienone is 2. The van der Waals surface area contributed by atoms with E-state index in [-0.39, 0.29) is 11.8 Å². The van der Waals surface area contributed by atoms with Gasteiger partial charge >= 0.3 is 0 Å². The molecule has 0 bridgehead atoms. The van der Waals surface area contributed by atoms with Gasteiger partial charge in [0.1, 0.15) is 0 Å². The fraction of sp³-hybridized carbons (Fsp3) is 0.579. The van der Waals surface area contributed by atoms with E-state index in [2.05, 4.69) is 22.5 Å². The maximum atomic E-state index is 12.3. The highest BCUT2D eigenvalue weighted by Crippen LogP contribution is 2.17. The van der Waals surface area contributed by atoms with Crippen molar-refractivity contribution in [2.45, 2.75) is 38.6 Å². The van der Waals surface area contributed by atoms with Gasteiger partial charge in [-0.2, -0.15) is 0 Å². The molecule has 0 radical (unpaired) electrons. The van der Waals surface area contributed by atoms with Crippen LogP contribution in [0.25, 0.3) is 0 Å². The van der Waals surface area contributed by atoms with Gasteiger partial charge in [-0.05, 0) is 30.9 Å². The second-order valence-corrected chi connectivity index (χ2v) is 6.96. The summed E-state index contributed by atoms with van der Waals surface area (Å²) in [5, 5.41) is 3.07. The molecule has 1 aliphatic carbocycles. The number of nitrogens with zero attached hydrogens (tertiary/aromatic N) is 1. The number of carbonyl (C=O) groups excluding carboxylic acids is 1. The second-order valence-electron chi connectivity index (χ2n) is 6.96. The van der Waals surface area contributed by atoms with Gasteiger partial charge in [-0.15, -0.1) is 0 Å². The van der Waals surface area contributed by atoms with Crippen LogP contribution in [0.2, 0.25) is 0 Å². The third kappa shape index (κ3) is 4.90. The van der Waals surface area contributed by atoms with Gasteiger partial charge in [0.05, 0.1) is 19.6 Å². The summed E-state index contributed by atoms with van der Waals surface area (Å²) >= 11 is 0. The summed E-state index contributed by atoms with van der Waals surface area (Å²) in [5.74, 6) is 1.26. The van der Waals surface area contributed by atoms with Crippen LogP contribution in [0.1, 0.15) is 37.7 Å². The van der Waals surface area contributed by atoms with Crippen LogP contribution in [0, 0.1) is 11.8 Å². The highest BCUT2D eigenvalue weighted by molar-refractivity contribution is 5.78. The van der Waals surface area contributed by atoms with Gasteiger partial charge in [-0.3, -0.25) is 9.78 Å². The van der Waals surface area contributed by atoms with E-state index < -0.39 is 0 Å². The first kappa shape index (κ1) is 16.2. The maximum Gasteiger partial charge on any atom is 0.223 e. The third-order valence-corrected chi connectivity index (χ3v) is 5.21. The van der Waals surface area contributed by atoms with E-state index in [9.17, 15) is 4.79 Å². The molecule has 0 spiro atoms. The zero-order chi connectivity index (χ0) is 15.9. The lowest BCUT2D eigenvalue weighted by molar-refractivity contribution is -0.909. The van der Waals surface area contributed by atoms with E-state index in [0.29, 0.717) is 6.54 Å². The monoisotopic (exact) mass is 314 g/mol. The number of piperidine rings is 1. The summed E-state index contributed by atoms with van der Waals surface area (Å²) in [6.07, 6.45) is 14.1. The highest BCUT2D eigenvalue weighted by atomic mass is 16.1. The molecule has 1 atom stereocenters. The van der Waals surface area contributed by atoms with Crippen LogP contribution < -0.4 is 10.2 Å². The standard InChI is InChI=1S/C19H27N3O/c23-19(21-14-17-7-4-10-20-13-17)18-8-11-22(12-9-18)15-16-5-2-1-3-6-16/h1-2,4,7,10,13,16,18H,3,5-6,8-9,11-12,14-15H2,(H,21,23)/p+1/t16-/m1/s1. The van der Waals surface area contributed by atoms with Crippen molar-refractivity contribution in [2.24, 2.45) is 11.8 Å². The number of aromatic nitrogens is 1. The van der Waals surface area contributed by atoms with Gasteiger partial charge < -0.3 is 10.2 Å². The van der Waals surface area contributed by atoms with Crippen LogP contribution in [-0.2, 0) is 11.3 Å². The number of hydrogen-bond acceptors (Lipinski definition) is 2. The van der Waals surface area contributed by atoms with Crippen molar-refractivity contribution in [3.05, 3.63) is 42.2 Å². The summed E-state index contributed by atoms with van der Waals surface area (Å²) in [4.78, 5) is 18.1. The number of carbonyl (C=O) groups is 1. The number of nitrogens with one attached hydrogen (secondary N) is 2. The number of quaternary nitrogens is 1. The Hall–Kier alpha value is -1.68. The molecular weight excluding hydrogens is 286 g/mol. The Balaban J connectivity index is 1.38. The van der Waals surface area contributed by atoms with Crippen LogP contribution in [0.15, 0.2) is 36.7 Å². The Morgan fingerprint density at radius 1 is 1.26 bits per heavy atom. The summed E-state index contributed by atoms with van der Waals surface area (Å²) in [7, 11) is 0. The van der Waals surface area contributed by atoms with Crippen molar-refractivity contribution >= 4 is 5.91 Å². The number of hydrogen-bond donors (Lipinski definition) is 2. The Labute approximate surface area is 139 Å². The molecule has 2 aliphatic rings. The van der Waals surface area contributed by atoms with Crippen molar-refractivity contribution in [3.63, 3.8) is 0 Å². The van der Waals surface area contributed by atoms with Crippen LogP contribution in [0.5, 0.6) is 0 Å². The molecule has 1 amide bonds. The average molecular weight is 314 g/mol. The number of pyridine rings is 1. The topological polar surface area (TPSA) is 46.4 Å². The quantitative estimate of drug-likeness (QED) is 0.806. The molecule has 3 rings (SSSR count). The van der Waals surface area contributed by atoms with E-state index in [0.717, 1.165) is 37.4 Å². The van der Waals surface area contributed by atoms with Crippen LogP contribution in [0.4, 0.5) is 0 Å². The minimum absolute atomic E-state index is 0.196. The Morgan fingerprint density at radius 3 is 2.83 bits per heavy atom. The molecule has 0 unspecified atom stereocenters. The summed E-state index contributed by atoms with van der Waals surface area (Å²) in [5.41, 5.74) is 1.06. The zero-order valence-electron chi connectivity index (χ0n) is 13.8. The first-order valence-corrected chi connectivity index (χ1v) is 8.96. The van der Waals surface area contributed by atoms with Crippen LogP contribution >= 0.6 is 0 Å². The minimum atomic E-state index is 0.196. The van der Waals surface area contributed by atoms with E-state index in [1.807, 2.05) is 18.3 Å². The van der Waals surface area contributed by atoms with Gasteiger partial charge in [-0.1, -0.05) is 18.2 Å². The SMILES string of the molecule is O=C(NCc1cccnc1)C1CC[NH+](C[C@@H]2CC=CCC2)CC1. The molecule has 4 heteroatoms. The number of likely N-dealkylation sites (tertiary alicyclic amines) is 1. The van der Waals surface area contributed by atoms with Gasteiger partial charge in [0.15, 0.2) is 0 Å². The molecule has 2 N–H and O–H groups in total. The van der Waals surface area contributed by atoms with Crippen molar-refractivity contribution in [2.75, 3.05) is 19.6 Å². The zero-order valence-corrected chi connectivity index (χ0v) is 13.8. The normalized spacial score (nSPS) is 27.6. The van der Waals surface area contributed by atoms with Crippen molar-refractivity contribution in [1.82, 2.24) is 10.3 Å². The molecule has 0 aromatic carbocycles. The second kappa shape index (κ2) is 8.25. The summed E-state index contributed by atoms with van der Waals surface area (Å²) < 4.78 is 0. The Kier molecular flexibility index (Phi) is 5.81. The lowest BCUT2D eigenvalue weighted by Crippen LogP contribution is -3.13. The number of amides is 1. The van der Waals surface area contributed by atoms with Crippen molar-refractivity contribution in [1.29, 1.82) is 0 Å². The molecule has 4 nitrogen and oxygen atoms in total. The minimum Gasteiger partial charge on any atom is -0.352 e. The predicted octanol–water partition coefficient (Wildman–Crippen LogP) is 1.35. The van der Waals surface area contributed by atoms with Gasteiger partial charge in [0.2, 0.25) is 5.91 Å². The van der Waals surface area contributed by atoms with Crippen molar-refractivity contribution < 1.29 is 9.69 Å². The predicted molar refractivity (Wildman–Crippen MR) is 90.9 cm³/mol. The molecule has 1 fully saturated rings. The van der Waals surface area contributed by atoms with Crippen LogP contribution in [0.3, 0.4) is 0 Å². The van der Waals surface area contributed by atoms with E-state index in [4.69, 9.17) is 0 Å². The van der Waals surface area contributed by atoms with E-state index in [1.54, 1.807) is 11.1 Å². The third-order valence-electron chi connectivity index (χ3n) is 5.21. The first-order valence-electron chi connectivity index (χ1n) is 8.96. The molecule has 1 saturated heterocycles. The first-order chi connectivity index (χ1) is 11.3. The van der Waals surface area contributed by atoms with E-state index >= 15 is 0 Å². The molecule has 1 aliphatic heterocycles. The molecule has 0 saturated carbocycles. The lowest BCUT2D eigenvalue weighted by atomic mass is 9.91. The van der Waals surface area contributed by atoms with E-state index in [1.165, 1.54) is 25.8 Å². The fourth-order valence-corrected chi connectivity index (χ4v) is 3.78. The summed E-state index contributed by atoms with van der Waals surface area (Å²) in [6.45, 7) is 4.17.